The lowest BCUT2D eigenvalue weighted by Gasteiger charge is -2.48. The minimum Gasteiger partial charge on any atom is -0.388 e. The normalized spacial score (nSPS) is 34.8. The lowest BCUT2D eigenvalue weighted by atomic mass is 9.84. The van der Waals surface area contributed by atoms with Crippen molar-refractivity contribution in [3.05, 3.63) is 0 Å². The molecule has 0 aromatic rings. The van der Waals surface area contributed by atoms with Crippen LogP contribution in [-0.2, 0) is 23.7 Å². The Bertz CT molecular complexity index is 635. The van der Waals surface area contributed by atoms with Crippen molar-refractivity contribution in [3.8, 4) is 0 Å². The van der Waals surface area contributed by atoms with E-state index in [0.29, 0.717) is 26.2 Å². The van der Waals surface area contributed by atoms with Crippen LogP contribution in [0, 0.1) is 0 Å². The van der Waals surface area contributed by atoms with E-state index in [0.717, 1.165) is 64.2 Å². The highest BCUT2D eigenvalue weighted by molar-refractivity contribution is 5.01. The van der Waals surface area contributed by atoms with Gasteiger partial charge in [-0.25, -0.2) is 0 Å². The zero-order chi connectivity index (χ0) is 29.3. The number of ether oxygens (including phenoxy) is 5. The Morgan fingerprint density at radius 2 is 1.12 bits per heavy atom. The first-order valence-corrected chi connectivity index (χ1v) is 16.2. The average Bonchev–Trinajstić information content (AvgIpc) is 2.94. The summed E-state index contributed by atoms with van der Waals surface area (Å²) >= 11 is 0. The highest BCUT2D eigenvalue weighted by Gasteiger charge is 2.50. The van der Waals surface area contributed by atoms with Gasteiger partial charge in [-0.15, -0.1) is 0 Å². The van der Waals surface area contributed by atoms with Crippen LogP contribution in [0.2, 0.25) is 0 Å². The molecule has 10 atom stereocenters. The van der Waals surface area contributed by atoms with E-state index in [9.17, 15) is 5.11 Å². The summed E-state index contributed by atoms with van der Waals surface area (Å²) < 4.78 is 31.3. The second-order valence-corrected chi connectivity index (χ2v) is 11.7. The molecule has 10 nitrogen and oxygen atoms in total. The maximum absolute atomic E-state index is 11.3. The predicted molar refractivity (Wildman–Crippen MR) is 159 cm³/mol. The van der Waals surface area contributed by atoms with Crippen molar-refractivity contribution in [2.75, 3.05) is 26.4 Å². The second kappa shape index (κ2) is 20.5. The van der Waals surface area contributed by atoms with Crippen LogP contribution in [0.25, 0.3) is 0 Å². The highest BCUT2D eigenvalue weighted by Crippen LogP contribution is 2.30. The van der Waals surface area contributed by atoms with E-state index < -0.39 is 55.0 Å². The lowest BCUT2D eigenvalue weighted by Crippen LogP contribution is -2.68. The van der Waals surface area contributed by atoms with Gasteiger partial charge in [-0.1, -0.05) is 78.6 Å². The first-order chi connectivity index (χ1) is 19.4. The zero-order valence-corrected chi connectivity index (χ0v) is 25.6. The number of unbranched alkanes of at least 4 members (excludes halogenated alkanes) is 9. The fourth-order valence-corrected chi connectivity index (χ4v) is 5.73. The molecule has 2 fully saturated rings. The van der Waals surface area contributed by atoms with Crippen LogP contribution in [0.15, 0.2) is 0 Å². The largest absolute Gasteiger partial charge is 0.388 e. The molecule has 1 heterocycles. The Hall–Kier alpha value is -0.400. The van der Waals surface area contributed by atoms with Crippen molar-refractivity contribution in [3.63, 3.8) is 0 Å². The summed E-state index contributed by atoms with van der Waals surface area (Å²) in [5.74, 6) is 0. The van der Waals surface area contributed by atoms with Crippen molar-refractivity contribution in [2.45, 2.75) is 165 Å². The van der Waals surface area contributed by atoms with Crippen LogP contribution in [0.3, 0.4) is 0 Å². The molecule has 1 aliphatic heterocycles. The van der Waals surface area contributed by atoms with E-state index in [1.54, 1.807) is 0 Å². The Morgan fingerprint density at radius 3 is 1.62 bits per heavy atom. The van der Waals surface area contributed by atoms with E-state index in [4.69, 9.17) is 46.6 Å². The zero-order valence-electron chi connectivity index (χ0n) is 25.6. The molecule has 10 heteroatoms. The minimum atomic E-state index is -1.00. The predicted octanol–water partition coefficient (Wildman–Crippen LogP) is 2.70. The summed E-state index contributed by atoms with van der Waals surface area (Å²) in [6.07, 6.45) is 9.07. The number of nitrogens with two attached hydrogens (primary N) is 4. The fourth-order valence-electron chi connectivity index (χ4n) is 5.73. The van der Waals surface area contributed by atoms with Crippen LogP contribution in [0.4, 0.5) is 0 Å². The third kappa shape index (κ3) is 11.4. The third-order valence-corrected chi connectivity index (χ3v) is 8.20. The monoisotopic (exact) mass is 574 g/mol. The third-order valence-electron chi connectivity index (χ3n) is 8.20. The second-order valence-electron chi connectivity index (χ2n) is 11.7. The Labute approximate surface area is 243 Å². The van der Waals surface area contributed by atoms with E-state index in [-0.39, 0.29) is 12.6 Å². The summed E-state index contributed by atoms with van der Waals surface area (Å²) in [4.78, 5) is 0. The molecule has 0 spiro atoms. The van der Waals surface area contributed by atoms with Crippen LogP contribution in [-0.4, -0.2) is 92.5 Å². The Morgan fingerprint density at radius 1 is 0.650 bits per heavy atom. The molecule has 0 aromatic carbocycles. The standard InChI is InChI=1S/C30H62N4O6/c1-4-7-10-13-16-36-26-21(32)19-22(33)27(25(26)35)40-30-24(34)29(38-18-15-12-9-6-3)28(23(20-31)39-30)37-17-14-11-8-5-2/h21-30,35H,4-20,31-34H2,1-3H3/t21-,22+,23-,24-,25-,26+,27-,28-,29-,30-/m1/s1. The molecular formula is C30H62N4O6. The van der Waals surface area contributed by atoms with E-state index in [1.807, 2.05) is 0 Å². The number of aliphatic hydroxyl groups is 1. The molecular weight excluding hydrogens is 512 g/mol. The summed E-state index contributed by atoms with van der Waals surface area (Å²) in [7, 11) is 0. The van der Waals surface area contributed by atoms with E-state index >= 15 is 0 Å². The lowest BCUT2D eigenvalue weighted by molar-refractivity contribution is -0.299. The van der Waals surface area contributed by atoms with Gasteiger partial charge in [-0.05, 0) is 25.7 Å². The number of hydrogen-bond donors (Lipinski definition) is 5. The molecule has 2 rings (SSSR count). The molecule has 0 aromatic heterocycles. The van der Waals surface area contributed by atoms with Gasteiger partial charge in [0.1, 0.15) is 36.6 Å². The fraction of sp³-hybridized carbons (Fsp3) is 1.00. The molecule has 9 N–H and O–H groups in total. The minimum absolute atomic E-state index is 0.232. The van der Waals surface area contributed by atoms with Crippen LogP contribution < -0.4 is 22.9 Å². The van der Waals surface area contributed by atoms with Gasteiger partial charge < -0.3 is 51.7 Å². The van der Waals surface area contributed by atoms with Crippen molar-refractivity contribution < 1.29 is 28.8 Å². The van der Waals surface area contributed by atoms with E-state index in [2.05, 4.69) is 20.8 Å². The van der Waals surface area contributed by atoms with Crippen molar-refractivity contribution in [1.29, 1.82) is 0 Å². The van der Waals surface area contributed by atoms with Gasteiger partial charge in [-0.3, -0.25) is 0 Å². The maximum atomic E-state index is 11.3. The Balaban J connectivity index is 2.08. The van der Waals surface area contributed by atoms with Crippen molar-refractivity contribution >= 4 is 0 Å². The van der Waals surface area contributed by atoms with Crippen LogP contribution in [0.5, 0.6) is 0 Å². The molecule has 0 amide bonds. The van der Waals surface area contributed by atoms with Gasteiger partial charge in [0.15, 0.2) is 6.29 Å². The molecule has 0 unspecified atom stereocenters. The number of rotatable bonds is 21. The smallest absolute Gasteiger partial charge is 0.176 e. The van der Waals surface area contributed by atoms with Gasteiger partial charge in [0.25, 0.3) is 0 Å². The van der Waals surface area contributed by atoms with Crippen molar-refractivity contribution in [1.82, 2.24) is 0 Å². The summed E-state index contributed by atoms with van der Waals surface area (Å²) in [5, 5.41) is 11.3. The summed E-state index contributed by atoms with van der Waals surface area (Å²) in [5.41, 5.74) is 25.7. The molecule has 0 radical (unpaired) electrons. The average molecular weight is 575 g/mol. The molecule has 1 aliphatic carbocycles. The summed E-state index contributed by atoms with van der Waals surface area (Å²) in [6, 6.07) is -1.51. The molecule has 40 heavy (non-hydrogen) atoms. The molecule has 238 valence electrons. The van der Waals surface area contributed by atoms with Crippen molar-refractivity contribution in [2.24, 2.45) is 22.9 Å². The van der Waals surface area contributed by atoms with Gasteiger partial charge >= 0.3 is 0 Å². The van der Waals surface area contributed by atoms with Gasteiger partial charge in [0.2, 0.25) is 0 Å². The molecule has 1 saturated heterocycles. The highest BCUT2D eigenvalue weighted by atomic mass is 16.7. The maximum Gasteiger partial charge on any atom is 0.176 e. The Kier molecular flexibility index (Phi) is 18.3. The molecule has 1 saturated carbocycles. The van der Waals surface area contributed by atoms with Crippen LogP contribution in [0.1, 0.15) is 104 Å². The van der Waals surface area contributed by atoms with Gasteiger partial charge in [0, 0.05) is 38.4 Å². The first kappa shape index (κ1) is 35.8. The summed E-state index contributed by atoms with van der Waals surface area (Å²) in [6.45, 7) is 8.48. The van der Waals surface area contributed by atoms with Crippen LogP contribution >= 0.6 is 0 Å². The van der Waals surface area contributed by atoms with Gasteiger partial charge in [-0.2, -0.15) is 0 Å². The molecule has 2 aliphatic rings. The molecule has 0 bridgehead atoms. The SMILES string of the molecule is CCCCCCO[C@@H]1[C@@H](N)[C@@H](O[C@H]2[C@H](O)[C@@H](OCCCCCC)[C@H](N)C[C@@H]2N)O[C@H](CN)[C@H]1OCCCCCC. The first-order valence-electron chi connectivity index (χ1n) is 16.2. The number of aliphatic hydroxyl groups excluding tert-OH is 1. The van der Waals surface area contributed by atoms with E-state index in [1.165, 1.54) is 12.8 Å². The quantitative estimate of drug-likeness (QED) is 0.128. The van der Waals surface area contributed by atoms with Gasteiger partial charge in [0.05, 0.1) is 6.04 Å². The topological polar surface area (TPSA) is 170 Å². The number of hydrogen-bond acceptors (Lipinski definition) is 10.